The molecule has 2 aromatic carbocycles. The number of hydrogen-bond donors (Lipinski definition) is 3. The van der Waals surface area contributed by atoms with Crippen LogP contribution in [0.15, 0.2) is 70.5 Å². The number of piperidine rings is 1. The summed E-state index contributed by atoms with van der Waals surface area (Å²) in [6.45, 7) is 1.81. The normalized spacial score (nSPS) is 15.1. The lowest BCUT2D eigenvalue weighted by Gasteiger charge is -2.31. The number of aromatic nitrogens is 3. The lowest BCUT2D eigenvalue weighted by Crippen LogP contribution is -2.36. The Bertz CT molecular complexity index is 1610. The number of nitrogens with one attached hydrogen (secondary N) is 2. The molecule has 0 aliphatic carbocycles. The second-order valence-corrected chi connectivity index (χ2v) is 10.9. The predicted octanol–water partition coefficient (Wildman–Crippen LogP) is 3.15. The third kappa shape index (κ3) is 4.87. The maximum atomic E-state index is 13.7. The molecule has 0 unspecified atom stereocenters. The van der Waals surface area contributed by atoms with E-state index >= 15 is 0 Å². The molecule has 192 valence electrons. The summed E-state index contributed by atoms with van der Waals surface area (Å²) >= 11 is 0. The molecule has 0 bridgehead atoms. The molecule has 0 amide bonds. The molecule has 10 nitrogen and oxygen atoms in total. The van der Waals surface area contributed by atoms with Crippen molar-refractivity contribution in [2.75, 3.05) is 43.0 Å². The maximum absolute atomic E-state index is 13.7. The monoisotopic (exact) mass is 519 g/mol. The van der Waals surface area contributed by atoms with Gasteiger partial charge in [-0.05, 0) is 68.9 Å². The minimum atomic E-state index is -3.99. The number of para-hydroxylation sites is 1. The first-order chi connectivity index (χ1) is 17.8. The number of anilines is 3. The van der Waals surface area contributed by atoms with E-state index in [1.165, 1.54) is 12.3 Å². The third-order valence-electron chi connectivity index (χ3n) is 6.71. The molecular formula is C26H29N7O3S. The fourth-order valence-corrected chi connectivity index (χ4v) is 5.86. The van der Waals surface area contributed by atoms with Crippen LogP contribution in [0.5, 0.6) is 0 Å². The second-order valence-electron chi connectivity index (χ2n) is 9.21. The highest BCUT2D eigenvalue weighted by Crippen LogP contribution is 2.29. The first-order valence-electron chi connectivity index (χ1n) is 12.0. The average molecular weight is 520 g/mol. The number of likely N-dealkylation sites (tertiary alicyclic amines) is 1. The summed E-state index contributed by atoms with van der Waals surface area (Å²) in [6, 6.07) is 15.4. The van der Waals surface area contributed by atoms with Crippen molar-refractivity contribution in [3.63, 3.8) is 0 Å². The Balaban J connectivity index is 1.57. The SMILES string of the molecule is CNc1nc2ccc(-c3cnc(N)c(S(=O)(=O)Nc4ccccc4)c3)cc2c(=O)n1C1CCN(C)CC1. The van der Waals surface area contributed by atoms with Gasteiger partial charge in [0.1, 0.15) is 10.7 Å². The highest BCUT2D eigenvalue weighted by molar-refractivity contribution is 7.92. The number of benzene rings is 2. The minimum Gasteiger partial charge on any atom is -0.383 e. The van der Waals surface area contributed by atoms with Gasteiger partial charge in [0.05, 0.1) is 10.9 Å². The Morgan fingerprint density at radius 3 is 2.46 bits per heavy atom. The predicted molar refractivity (Wildman–Crippen MR) is 146 cm³/mol. The van der Waals surface area contributed by atoms with Gasteiger partial charge in [-0.3, -0.25) is 14.1 Å². The zero-order valence-corrected chi connectivity index (χ0v) is 21.5. The summed E-state index contributed by atoms with van der Waals surface area (Å²) in [5.41, 5.74) is 7.97. The van der Waals surface area contributed by atoms with E-state index in [1.54, 1.807) is 60.1 Å². The zero-order valence-electron chi connectivity index (χ0n) is 20.7. The Morgan fingerprint density at radius 1 is 1.03 bits per heavy atom. The van der Waals surface area contributed by atoms with Gasteiger partial charge in [-0.2, -0.15) is 0 Å². The fraction of sp³-hybridized carbons (Fsp3) is 0.269. The molecule has 0 atom stereocenters. The number of rotatable bonds is 6. The van der Waals surface area contributed by atoms with E-state index in [-0.39, 0.29) is 22.3 Å². The fourth-order valence-electron chi connectivity index (χ4n) is 4.69. The van der Waals surface area contributed by atoms with Crippen LogP contribution < -0.4 is 21.3 Å². The highest BCUT2D eigenvalue weighted by Gasteiger charge is 2.24. The van der Waals surface area contributed by atoms with Crippen molar-refractivity contribution in [2.24, 2.45) is 0 Å². The smallest absolute Gasteiger partial charge is 0.265 e. The van der Waals surface area contributed by atoms with Crippen LogP contribution in [0.25, 0.3) is 22.0 Å². The number of sulfonamides is 1. The first kappa shape index (κ1) is 24.7. The van der Waals surface area contributed by atoms with Crippen molar-refractivity contribution < 1.29 is 8.42 Å². The summed E-state index contributed by atoms with van der Waals surface area (Å²) in [5.74, 6) is 0.423. The quantitative estimate of drug-likeness (QED) is 0.354. The van der Waals surface area contributed by atoms with E-state index in [1.807, 2.05) is 0 Å². The molecule has 2 aromatic heterocycles. The summed E-state index contributed by atoms with van der Waals surface area (Å²) in [7, 11) is -0.148. The van der Waals surface area contributed by atoms with Gasteiger partial charge >= 0.3 is 0 Å². The van der Waals surface area contributed by atoms with Crippen LogP contribution in [0.1, 0.15) is 18.9 Å². The van der Waals surface area contributed by atoms with Crippen molar-refractivity contribution in [3.8, 4) is 11.1 Å². The van der Waals surface area contributed by atoms with Gasteiger partial charge in [-0.25, -0.2) is 18.4 Å². The van der Waals surface area contributed by atoms with E-state index in [0.29, 0.717) is 33.7 Å². The molecular weight excluding hydrogens is 490 g/mol. The number of hydrogen-bond acceptors (Lipinski definition) is 8. The van der Waals surface area contributed by atoms with Gasteiger partial charge in [0.15, 0.2) is 0 Å². The van der Waals surface area contributed by atoms with Gasteiger partial charge in [0, 0.05) is 30.5 Å². The number of pyridine rings is 1. The largest absolute Gasteiger partial charge is 0.383 e. The second kappa shape index (κ2) is 9.83. The van der Waals surface area contributed by atoms with Crippen LogP contribution >= 0.6 is 0 Å². The molecule has 3 heterocycles. The van der Waals surface area contributed by atoms with Crippen molar-refractivity contribution >= 4 is 38.4 Å². The van der Waals surface area contributed by atoms with Crippen molar-refractivity contribution in [1.29, 1.82) is 0 Å². The molecule has 11 heteroatoms. The molecule has 4 aromatic rings. The average Bonchev–Trinajstić information content (AvgIpc) is 2.89. The molecule has 0 spiro atoms. The summed E-state index contributed by atoms with van der Waals surface area (Å²) in [4.78, 5) is 24.6. The highest BCUT2D eigenvalue weighted by atomic mass is 32.2. The summed E-state index contributed by atoms with van der Waals surface area (Å²) in [6.07, 6.45) is 3.22. The Labute approximate surface area is 215 Å². The van der Waals surface area contributed by atoms with Gasteiger partial charge in [-0.1, -0.05) is 24.3 Å². The van der Waals surface area contributed by atoms with Crippen molar-refractivity contribution in [1.82, 2.24) is 19.4 Å². The molecule has 1 aliphatic rings. The van der Waals surface area contributed by atoms with Crippen LogP contribution in [-0.4, -0.2) is 55.0 Å². The van der Waals surface area contributed by atoms with Crippen molar-refractivity contribution in [2.45, 2.75) is 23.8 Å². The molecule has 1 saturated heterocycles. The van der Waals surface area contributed by atoms with Crippen LogP contribution in [-0.2, 0) is 10.0 Å². The molecule has 5 rings (SSSR count). The number of fused-ring (bicyclic) bond motifs is 1. The Kier molecular flexibility index (Phi) is 6.57. The minimum absolute atomic E-state index is 0.0469. The number of nitrogens with two attached hydrogens (primary N) is 1. The van der Waals surface area contributed by atoms with Crippen LogP contribution in [0.2, 0.25) is 0 Å². The standard InChI is InChI=1S/C26H29N7O3S/c1-28-26-30-22-9-8-17(14-21(22)25(34)33(26)20-10-12-32(2)13-11-20)18-15-23(24(27)29-16-18)37(35,36)31-19-6-4-3-5-7-19/h3-9,14-16,20,31H,10-13H2,1-2H3,(H2,27,29)(H,28,30). The summed E-state index contributed by atoms with van der Waals surface area (Å²) in [5, 5.41) is 3.53. The van der Waals surface area contributed by atoms with Gasteiger partial charge < -0.3 is 16.0 Å². The zero-order chi connectivity index (χ0) is 26.2. The van der Waals surface area contributed by atoms with E-state index in [2.05, 4.69) is 27.0 Å². The molecule has 1 fully saturated rings. The van der Waals surface area contributed by atoms with Crippen LogP contribution in [0.3, 0.4) is 0 Å². The molecule has 0 radical (unpaired) electrons. The van der Waals surface area contributed by atoms with E-state index in [4.69, 9.17) is 10.7 Å². The maximum Gasteiger partial charge on any atom is 0.265 e. The number of nitrogens with zero attached hydrogens (tertiary/aromatic N) is 4. The van der Waals surface area contributed by atoms with E-state index in [0.717, 1.165) is 25.9 Å². The number of nitrogen functional groups attached to an aromatic ring is 1. The first-order valence-corrected chi connectivity index (χ1v) is 13.5. The van der Waals surface area contributed by atoms with Gasteiger partial charge in [-0.15, -0.1) is 0 Å². The van der Waals surface area contributed by atoms with Gasteiger partial charge in [0.25, 0.3) is 15.6 Å². The summed E-state index contributed by atoms with van der Waals surface area (Å²) < 4.78 is 30.4. The Morgan fingerprint density at radius 2 is 1.76 bits per heavy atom. The van der Waals surface area contributed by atoms with Crippen molar-refractivity contribution in [3.05, 3.63) is 71.1 Å². The topological polar surface area (TPSA) is 135 Å². The lowest BCUT2D eigenvalue weighted by molar-refractivity contribution is 0.220. The molecule has 4 N–H and O–H groups in total. The van der Waals surface area contributed by atoms with Gasteiger partial charge in [0.2, 0.25) is 5.95 Å². The van der Waals surface area contributed by atoms with E-state index < -0.39 is 10.0 Å². The lowest BCUT2D eigenvalue weighted by atomic mass is 10.0. The molecule has 37 heavy (non-hydrogen) atoms. The van der Waals surface area contributed by atoms with E-state index in [9.17, 15) is 13.2 Å². The molecule has 0 saturated carbocycles. The third-order valence-corrected chi connectivity index (χ3v) is 8.12. The molecule has 1 aliphatic heterocycles. The van der Waals surface area contributed by atoms with Crippen LogP contribution in [0.4, 0.5) is 17.5 Å². The van der Waals surface area contributed by atoms with Crippen LogP contribution in [0, 0.1) is 0 Å². The Hall–Kier alpha value is -3.96.